The Kier molecular flexibility index (Phi) is 5.35. The van der Waals surface area contributed by atoms with E-state index in [0.717, 1.165) is 41.2 Å². The van der Waals surface area contributed by atoms with Gasteiger partial charge in [0.2, 0.25) is 0 Å². The summed E-state index contributed by atoms with van der Waals surface area (Å²) in [6.07, 6.45) is 2.67. The van der Waals surface area contributed by atoms with Crippen LogP contribution in [0.1, 0.15) is 24.5 Å². The molecule has 5 heteroatoms. The summed E-state index contributed by atoms with van der Waals surface area (Å²) in [5, 5.41) is 6.67. The van der Waals surface area contributed by atoms with Crippen LogP contribution in [0.4, 0.5) is 11.6 Å². The maximum absolute atomic E-state index is 4.31. The van der Waals surface area contributed by atoms with Crippen LogP contribution in [-0.2, 0) is 6.54 Å². The number of nitrogens with one attached hydrogen (secondary N) is 2. The molecular weight excluding hydrogens is 316 g/mol. The monoisotopic (exact) mass is 334 g/mol. The van der Waals surface area contributed by atoms with Crippen LogP contribution in [0.2, 0.25) is 0 Å². The molecule has 0 aliphatic rings. The minimum absolute atomic E-state index is 0.748. The average Bonchev–Trinajstić information content (AvgIpc) is 2.47. The van der Waals surface area contributed by atoms with E-state index in [0.29, 0.717) is 0 Å². The van der Waals surface area contributed by atoms with E-state index in [9.17, 15) is 0 Å². The Hall–Kier alpha value is -1.62. The van der Waals surface area contributed by atoms with Crippen molar-refractivity contribution in [2.24, 2.45) is 0 Å². The largest absolute Gasteiger partial charge is 0.370 e. The maximum atomic E-state index is 4.31. The van der Waals surface area contributed by atoms with Gasteiger partial charge in [-0.3, -0.25) is 0 Å². The Balaban J connectivity index is 2.03. The Bertz CT molecular complexity index is 554. The molecule has 0 aliphatic heterocycles. The number of hydrogen-bond donors (Lipinski definition) is 2. The van der Waals surface area contributed by atoms with Crippen LogP contribution in [0.15, 0.2) is 35.1 Å². The van der Waals surface area contributed by atoms with Gasteiger partial charge in [-0.25, -0.2) is 9.97 Å². The second-order valence-corrected chi connectivity index (χ2v) is 5.52. The van der Waals surface area contributed by atoms with Crippen molar-refractivity contribution in [2.75, 3.05) is 17.2 Å². The number of aromatic nitrogens is 2. The maximum Gasteiger partial charge on any atom is 0.134 e. The summed E-state index contributed by atoms with van der Waals surface area (Å²) in [7, 11) is 0. The van der Waals surface area contributed by atoms with E-state index >= 15 is 0 Å². The van der Waals surface area contributed by atoms with Crippen LogP contribution in [0.25, 0.3) is 0 Å². The first-order valence-electron chi connectivity index (χ1n) is 6.74. The van der Waals surface area contributed by atoms with Gasteiger partial charge < -0.3 is 10.6 Å². The average molecular weight is 335 g/mol. The standard InChI is InChI=1S/C15H19BrN4/c1-3-8-17-14-11(2)15(20-10-19-14)18-9-12-4-6-13(16)7-5-12/h4-7,10H,3,8-9H2,1-2H3,(H2,17,18,19,20). The zero-order valence-electron chi connectivity index (χ0n) is 11.8. The van der Waals surface area contributed by atoms with E-state index in [1.54, 1.807) is 6.33 Å². The summed E-state index contributed by atoms with van der Waals surface area (Å²) in [5.41, 5.74) is 2.27. The minimum Gasteiger partial charge on any atom is -0.370 e. The normalized spacial score (nSPS) is 10.3. The molecule has 0 bridgehead atoms. The number of nitrogens with zero attached hydrogens (tertiary/aromatic N) is 2. The Morgan fingerprint density at radius 1 is 1.05 bits per heavy atom. The van der Waals surface area contributed by atoms with E-state index in [-0.39, 0.29) is 0 Å². The number of anilines is 2. The molecular formula is C15H19BrN4. The summed E-state index contributed by atoms with van der Waals surface area (Å²) in [5.74, 6) is 1.78. The molecule has 1 heterocycles. The van der Waals surface area contributed by atoms with Gasteiger partial charge in [0.15, 0.2) is 0 Å². The molecule has 0 radical (unpaired) electrons. The molecule has 106 valence electrons. The topological polar surface area (TPSA) is 49.8 Å². The molecule has 0 unspecified atom stereocenters. The van der Waals surface area contributed by atoms with Crippen molar-refractivity contribution >= 4 is 27.6 Å². The third-order valence-electron chi connectivity index (χ3n) is 3.00. The fourth-order valence-electron chi connectivity index (χ4n) is 1.84. The third-order valence-corrected chi connectivity index (χ3v) is 3.53. The Morgan fingerprint density at radius 2 is 1.70 bits per heavy atom. The molecule has 20 heavy (non-hydrogen) atoms. The van der Waals surface area contributed by atoms with E-state index in [1.165, 1.54) is 5.56 Å². The molecule has 0 aliphatic carbocycles. The molecule has 2 aromatic rings. The fraction of sp³-hybridized carbons (Fsp3) is 0.333. The van der Waals surface area contributed by atoms with Gasteiger partial charge in [-0.1, -0.05) is 35.0 Å². The van der Waals surface area contributed by atoms with Crippen molar-refractivity contribution < 1.29 is 0 Å². The lowest BCUT2D eigenvalue weighted by Crippen LogP contribution is -2.08. The van der Waals surface area contributed by atoms with Gasteiger partial charge in [-0.15, -0.1) is 0 Å². The van der Waals surface area contributed by atoms with E-state index in [2.05, 4.69) is 55.6 Å². The summed E-state index contributed by atoms with van der Waals surface area (Å²) in [6, 6.07) is 8.25. The van der Waals surface area contributed by atoms with Gasteiger partial charge in [-0.05, 0) is 31.0 Å². The van der Waals surface area contributed by atoms with E-state index in [4.69, 9.17) is 0 Å². The lowest BCUT2D eigenvalue weighted by molar-refractivity contribution is 0.957. The minimum atomic E-state index is 0.748. The van der Waals surface area contributed by atoms with Crippen LogP contribution in [0.5, 0.6) is 0 Å². The lowest BCUT2D eigenvalue weighted by Gasteiger charge is -2.12. The van der Waals surface area contributed by atoms with Crippen LogP contribution in [0, 0.1) is 6.92 Å². The number of halogens is 1. The van der Waals surface area contributed by atoms with Gasteiger partial charge >= 0.3 is 0 Å². The Labute approximate surface area is 128 Å². The predicted octanol–water partition coefficient (Wildman–Crippen LogP) is 3.98. The Morgan fingerprint density at radius 3 is 2.35 bits per heavy atom. The van der Waals surface area contributed by atoms with Gasteiger partial charge in [0.25, 0.3) is 0 Å². The molecule has 0 saturated carbocycles. The summed E-state index contributed by atoms with van der Waals surface area (Å²) in [4.78, 5) is 8.58. The molecule has 0 atom stereocenters. The van der Waals surface area contributed by atoms with Crippen molar-refractivity contribution in [3.63, 3.8) is 0 Å². The van der Waals surface area contributed by atoms with Crippen molar-refractivity contribution in [3.05, 3.63) is 46.2 Å². The molecule has 0 fully saturated rings. The van der Waals surface area contributed by atoms with Crippen LogP contribution in [-0.4, -0.2) is 16.5 Å². The van der Waals surface area contributed by atoms with Crippen molar-refractivity contribution in [3.8, 4) is 0 Å². The molecule has 1 aromatic heterocycles. The smallest absolute Gasteiger partial charge is 0.134 e. The highest BCUT2D eigenvalue weighted by Crippen LogP contribution is 2.19. The van der Waals surface area contributed by atoms with Gasteiger partial charge in [-0.2, -0.15) is 0 Å². The highest BCUT2D eigenvalue weighted by molar-refractivity contribution is 9.10. The molecule has 0 amide bonds. The van der Waals surface area contributed by atoms with Crippen LogP contribution >= 0.6 is 15.9 Å². The second kappa shape index (κ2) is 7.24. The van der Waals surface area contributed by atoms with Gasteiger partial charge in [0.1, 0.15) is 18.0 Å². The van der Waals surface area contributed by atoms with Crippen molar-refractivity contribution in [2.45, 2.75) is 26.8 Å². The number of benzene rings is 1. The van der Waals surface area contributed by atoms with Crippen LogP contribution in [0.3, 0.4) is 0 Å². The quantitative estimate of drug-likeness (QED) is 0.838. The summed E-state index contributed by atoms with van der Waals surface area (Å²) < 4.78 is 1.09. The van der Waals surface area contributed by atoms with Crippen molar-refractivity contribution in [1.29, 1.82) is 0 Å². The molecule has 0 saturated heterocycles. The molecule has 2 rings (SSSR count). The molecule has 0 spiro atoms. The number of rotatable bonds is 6. The van der Waals surface area contributed by atoms with Gasteiger partial charge in [0.05, 0.1) is 0 Å². The summed E-state index contributed by atoms with van der Waals surface area (Å²) in [6.45, 7) is 5.83. The molecule has 4 nitrogen and oxygen atoms in total. The number of hydrogen-bond acceptors (Lipinski definition) is 4. The SMILES string of the molecule is CCCNc1ncnc(NCc2ccc(Br)cc2)c1C. The van der Waals surface area contributed by atoms with Crippen molar-refractivity contribution in [1.82, 2.24) is 9.97 Å². The predicted molar refractivity (Wildman–Crippen MR) is 87.0 cm³/mol. The zero-order chi connectivity index (χ0) is 14.4. The zero-order valence-corrected chi connectivity index (χ0v) is 13.4. The molecule has 1 aromatic carbocycles. The fourth-order valence-corrected chi connectivity index (χ4v) is 2.10. The first kappa shape index (κ1) is 14.8. The van der Waals surface area contributed by atoms with Crippen LogP contribution < -0.4 is 10.6 Å². The lowest BCUT2D eigenvalue weighted by atomic mass is 10.2. The second-order valence-electron chi connectivity index (χ2n) is 4.60. The summed E-state index contributed by atoms with van der Waals surface area (Å²) >= 11 is 3.44. The van der Waals surface area contributed by atoms with Gasteiger partial charge in [0, 0.05) is 23.1 Å². The highest BCUT2D eigenvalue weighted by atomic mass is 79.9. The van der Waals surface area contributed by atoms with E-state index in [1.807, 2.05) is 19.1 Å². The third kappa shape index (κ3) is 3.93. The first-order chi connectivity index (χ1) is 9.70. The van der Waals surface area contributed by atoms with E-state index < -0.39 is 0 Å². The highest BCUT2D eigenvalue weighted by Gasteiger charge is 2.06. The first-order valence-corrected chi connectivity index (χ1v) is 7.53. The molecule has 2 N–H and O–H groups in total.